The Morgan fingerprint density at radius 1 is 0.963 bits per heavy atom. The fourth-order valence-electron chi connectivity index (χ4n) is 4.45. The Morgan fingerprint density at radius 2 is 1.67 bits per heavy atom. The van der Waals surface area contributed by atoms with Crippen LogP contribution in [0.3, 0.4) is 0 Å². The Kier molecular flexibility index (Phi) is 3.78. The standard InChI is InChI=1S/C19H18O8/c1-23-10-7-9-8-5-6-19(26-4,13-11(8)17(21)27-18(13)22)16(20)12(9)15(25-3)14(10)24-2/h5-8,11,13H,1-4H3/t8-,11-,13+,19+/m0/s1. The van der Waals surface area contributed by atoms with Crippen LogP contribution in [0.4, 0.5) is 0 Å². The molecule has 1 aromatic carbocycles. The van der Waals surface area contributed by atoms with E-state index in [4.69, 9.17) is 23.7 Å². The Labute approximate surface area is 155 Å². The average molecular weight is 374 g/mol. The molecule has 8 nitrogen and oxygen atoms in total. The lowest BCUT2D eigenvalue weighted by Gasteiger charge is -2.35. The molecule has 8 heteroatoms. The predicted molar refractivity (Wildman–Crippen MR) is 90.1 cm³/mol. The van der Waals surface area contributed by atoms with Gasteiger partial charge in [0.2, 0.25) is 11.5 Å². The summed E-state index contributed by atoms with van der Waals surface area (Å²) in [5.41, 5.74) is -0.937. The normalized spacial score (nSPS) is 30.5. The molecular formula is C19H18O8. The van der Waals surface area contributed by atoms with Crippen LogP contribution < -0.4 is 14.2 Å². The molecule has 4 atom stereocenters. The zero-order valence-electron chi connectivity index (χ0n) is 15.2. The van der Waals surface area contributed by atoms with Crippen molar-refractivity contribution in [3.05, 3.63) is 29.3 Å². The molecule has 0 spiro atoms. The van der Waals surface area contributed by atoms with E-state index in [1.165, 1.54) is 28.4 Å². The topological polar surface area (TPSA) is 97.4 Å². The number of hydrogen-bond donors (Lipinski definition) is 0. The Morgan fingerprint density at radius 3 is 2.26 bits per heavy atom. The van der Waals surface area contributed by atoms with Crippen LogP contribution in [0.5, 0.6) is 17.2 Å². The van der Waals surface area contributed by atoms with Crippen molar-refractivity contribution in [3.63, 3.8) is 0 Å². The van der Waals surface area contributed by atoms with E-state index in [0.29, 0.717) is 11.3 Å². The number of benzene rings is 1. The molecule has 1 heterocycles. The summed E-state index contributed by atoms with van der Waals surface area (Å²) >= 11 is 0. The summed E-state index contributed by atoms with van der Waals surface area (Å²) in [6.45, 7) is 0. The maximum Gasteiger partial charge on any atom is 0.321 e. The third kappa shape index (κ3) is 1.98. The second-order valence-corrected chi connectivity index (χ2v) is 6.56. The summed E-state index contributed by atoms with van der Waals surface area (Å²) in [5.74, 6) is -3.65. The molecule has 0 aromatic heterocycles. The second-order valence-electron chi connectivity index (χ2n) is 6.56. The number of esters is 2. The molecular weight excluding hydrogens is 356 g/mol. The van der Waals surface area contributed by atoms with Crippen molar-refractivity contribution >= 4 is 17.7 Å². The van der Waals surface area contributed by atoms with E-state index >= 15 is 0 Å². The van der Waals surface area contributed by atoms with Crippen LogP contribution in [-0.4, -0.2) is 51.8 Å². The highest BCUT2D eigenvalue weighted by molar-refractivity contribution is 6.14. The van der Waals surface area contributed by atoms with Crippen molar-refractivity contribution in [1.82, 2.24) is 0 Å². The molecule has 1 saturated heterocycles. The lowest BCUT2D eigenvalue weighted by atomic mass is 9.69. The van der Waals surface area contributed by atoms with Gasteiger partial charge >= 0.3 is 11.9 Å². The number of carbonyl (C=O) groups is 3. The minimum atomic E-state index is -1.65. The third-order valence-electron chi connectivity index (χ3n) is 5.63. The predicted octanol–water partition coefficient (Wildman–Crippen LogP) is 1.26. The first kappa shape index (κ1) is 17.5. The smallest absolute Gasteiger partial charge is 0.321 e. The molecule has 5 rings (SSSR count). The maximum absolute atomic E-state index is 13.6. The van der Waals surface area contributed by atoms with Gasteiger partial charge in [-0.05, 0) is 17.7 Å². The van der Waals surface area contributed by atoms with Gasteiger partial charge in [0.1, 0.15) is 5.92 Å². The average Bonchev–Trinajstić information content (AvgIpc) is 2.88. The van der Waals surface area contributed by atoms with Crippen LogP contribution in [-0.2, 0) is 19.1 Å². The van der Waals surface area contributed by atoms with Crippen LogP contribution in [0.1, 0.15) is 21.8 Å². The minimum Gasteiger partial charge on any atom is -0.493 e. The maximum atomic E-state index is 13.6. The lowest BCUT2D eigenvalue weighted by Crippen LogP contribution is -2.51. The van der Waals surface area contributed by atoms with Crippen molar-refractivity contribution in [3.8, 4) is 17.2 Å². The first-order valence-electron chi connectivity index (χ1n) is 8.32. The van der Waals surface area contributed by atoms with Gasteiger partial charge in [0.15, 0.2) is 17.1 Å². The molecule has 0 saturated carbocycles. The van der Waals surface area contributed by atoms with Crippen LogP contribution in [0, 0.1) is 11.8 Å². The van der Waals surface area contributed by atoms with Crippen molar-refractivity contribution in [2.75, 3.05) is 28.4 Å². The van der Waals surface area contributed by atoms with Crippen molar-refractivity contribution < 1.29 is 38.1 Å². The van der Waals surface area contributed by atoms with Gasteiger partial charge in [0, 0.05) is 13.0 Å². The molecule has 0 radical (unpaired) electrons. The quantitative estimate of drug-likeness (QED) is 0.441. The SMILES string of the molecule is COc1cc2c(c(OC)c1OC)C(=O)[C@@]1(OC)C=C[C@@H]2[C@@H]2C(=O)OC(=O)[C@@H]21. The van der Waals surface area contributed by atoms with Gasteiger partial charge < -0.3 is 23.7 Å². The number of allylic oxidation sites excluding steroid dienone is 1. The Bertz CT molecular complexity index is 901. The summed E-state index contributed by atoms with van der Waals surface area (Å²) in [6, 6.07) is 1.63. The molecule has 27 heavy (non-hydrogen) atoms. The van der Waals surface area contributed by atoms with E-state index in [1.807, 2.05) is 0 Å². The summed E-state index contributed by atoms with van der Waals surface area (Å²) in [7, 11) is 5.63. The number of ketones is 1. The van der Waals surface area contributed by atoms with Gasteiger partial charge in [0.05, 0.1) is 32.8 Å². The van der Waals surface area contributed by atoms with Gasteiger partial charge in [-0.3, -0.25) is 14.4 Å². The number of hydrogen-bond acceptors (Lipinski definition) is 8. The van der Waals surface area contributed by atoms with E-state index in [0.717, 1.165) is 0 Å². The molecule has 0 N–H and O–H groups in total. The number of cyclic esters (lactones) is 2. The fourth-order valence-corrected chi connectivity index (χ4v) is 4.45. The van der Waals surface area contributed by atoms with E-state index in [9.17, 15) is 14.4 Å². The summed E-state index contributed by atoms with van der Waals surface area (Å²) in [5, 5.41) is 0. The fraction of sp³-hybridized carbons (Fsp3) is 0.421. The Balaban J connectivity index is 2.09. The zero-order valence-corrected chi connectivity index (χ0v) is 15.2. The molecule has 1 aliphatic heterocycles. The highest BCUT2D eigenvalue weighted by Gasteiger charge is 2.66. The van der Waals surface area contributed by atoms with Gasteiger partial charge in [-0.15, -0.1) is 0 Å². The largest absolute Gasteiger partial charge is 0.493 e. The molecule has 2 bridgehead atoms. The summed E-state index contributed by atoms with van der Waals surface area (Å²) in [4.78, 5) is 38.5. The van der Waals surface area contributed by atoms with E-state index < -0.39 is 41.1 Å². The van der Waals surface area contributed by atoms with Crippen LogP contribution in [0.15, 0.2) is 18.2 Å². The molecule has 0 unspecified atom stereocenters. The molecule has 1 fully saturated rings. The summed E-state index contributed by atoms with van der Waals surface area (Å²) in [6.07, 6.45) is 3.25. The number of carbonyl (C=O) groups excluding carboxylic acids is 3. The van der Waals surface area contributed by atoms with Crippen molar-refractivity contribution in [2.45, 2.75) is 11.5 Å². The van der Waals surface area contributed by atoms with Crippen LogP contribution >= 0.6 is 0 Å². The van der Waals surface area contributed by atoms with E-state index in [2.05, 4.69) is 0 Å². The van der Waals surface area contributed by atoms with Gasteiger partial charge in [0.25, 0.3) is 0 Å². The lowest BCUT2D eigenvalue weighted by molar-refractivity contribution is -0.155. The molecule has 142 valence electrons. The molecule has 1 aromatic rings. The first-order chi connectivity index (χ1) is 12.9. The van der Waals surface area contributed by atoms with Crippen LogP contribution in [0.25, 0.3) is 0 Å². The van der Waals surface area contributed by atoms with E-state index in [1.54, 1.807) is 18.2 Å². The summed E-state index contributed by atoms with van der Waals surface area (Å²) < 4.78 is 26.7. The first-order valence-corrected chi connectivity index (χ1v) is 8.32. The van der Waals surface area contributed by atoms with Gasteiger partial charge in [-0.2, -0.15) is 0 Å². The van der Waals surface area contributed by atoms with Crippen molar-refractivity contribution in [2.24, 2.45) is 11.8 Å². The molecule has 3 aliphatic carbocycles. The van der Waals surface area contributed by atoms with E-state index in [-0.39, 0.29) is 17.1 Å². The third-order valence-corrected chi connectivity index (χ3v) is 5.63. The highest BCUT2D eigenvalue weighted by Crippen LogP contribution is 2.56. The number of rotatable bonds is 4. The van der Waals surface area contributed by atoms with Gasteiger partial charge in [-0.1, -0.05) is 6.08 Å². The van der Waals surface area contributed by atoms with Crippen molar-refractivity contribution in [1.29, 1.82) is 0 Å². The molecule has 4 aliphatic rings. The van der Waals surface area contributed by atoms with Crippen LogP contribution in [0.2, 0.25) is 0 Å². The number of Topliss-reactive ketones (excluding diaryl/α,β-unsaturated/α-hetero) is 1. The zero-order chi connectivity index (χ0) is 19.5. The Hall–Kier alpha value is -2.87. The second kappa shape index (κ2) is 5.82. The number of methoxy groups -OCH3 is 4. The highest BCUT2D eigenvalue weighted by atomic mass is 16.6. The minimum absolute atomic E-state index is 0.174. The molecule has 0 amide bonds. The van der Waals surface area contributed by atoms with Gasteiger partial charge in [-0.25, -0.2) is 0 Å². The number of ether oxygens (including phenoxy) is 5. The monoisotopic (exact) mass is 374 g/mol.